The predicted molar refractivity (Wildman–Crippen MR) is 73.9 cm³/mol. The van der Waals surface area contributed by atoms with Crippen LogP contribution in [-0.4, -0.2) is 16.1 Å². The van der Waals surface area contributed by atoms with Crippen molar-refractivity contribution < 1.29 is 9.21 Å². The van der Waals surface area contributed by atoms with Crippen molar-refractivity contribution in [3.8, 4) is 0 Å². The minimum atomic E-state index is -0.0140. The van der Waals surface area contributed by atoms with Gasteiger partial charge in [0, 0.05) is 11.8 Å². The Hall–Kier alpha value is -1.56. The Balaban J connectivity index is 1.65. The third-order valence-corrected chi connectivity index (χ3v) is 4.26. The summed E-state index contributed by atoms with van der Waals surface area (Å²) < 4.78 is 6.15. The van der Waals surface area contributed by atoms with Gasteiger partial charge >= 0.3 is 0 Å². The van der Waals surface area contributed by atoms with E-state index >= 15 is 0 Å². The molecule has 1 fully saturated rings. The fraction of sp³-hybridized carbons (Fsp3) is 0.385. The number of aromatic nitrogens is 2. The molecule has 0 saturated heterocycles. The number of hydrogen-bond donors (Lipinski definition) is 2. The largest absolute Gasteiger partial charge is 0.469 e. The van der Waals surface area contributed by atoms with E-state index in [1.807, 2.05) is 19.1 Å². The van der Waals surface area contributed by atoms with Crippen LogP contribution in [-0.2, 0) is 11.2 Å². The second-order valence-corrected chi connectivity index (χ2v) is 5.46. The maximum Gasteiger partial charge on any atom is 0.229 e. The number of aromatic amines is 1. The normalized spacial score (nSPS) is 21.4. The number of nitrogens with one attached hydrogen (secondary N) is 2. The summed E-state index contributed by atoms with van der Waals surface area (Å²) in [6, 6.07) is 3.76. The first-order valence-electron chi connectivity index (χ1n) is 6.27. The number of carbonyl (C=O) groups is 1. The average Bonchev–Trinajstić information content (AvgIpc) is 2.87. The van der Waals surface area contributed by atoms with E-state index < -0.39 is 0 Å². The molecule has 2 N–H and O–H groups in total. The molecule has 1 amide bonds. The molecule has 0 unspecified atom stereocenters. The molecule has 0 spiro atoms. The number of halogens is 1. The Morgan fingerprint density at radius 1 is 1.68 bits per heavy atom. The average molecular weight is 324 g/mol. The zero-order valence-electron chi connectivity index (χ0n) is 10.4. The van der Waals surface area contributed by atoms with Crippen molar-refractivity contribution in [2.45, 2.75) is 25.7 Å². The molecule has 19 heavy (non-hydrogen) atoms. The van der Waals surface area contributed by atoms with Gasteiger partial charge in [0.05, 0.1) is 16.4 Å². The van der Waals surface area contributed by atoms with Gasteiger partial charge in [0.2, 0.25) is 5.91 Å². The van der Waals surface area contributed by atoms with Gasteiger partial charge in [-0.3, -0.25) is 9.89 Å². The Kier molecular flexibility index (Phi) is 3.18. The first-order valence-corrected chi connectivity index (χ1v) is 7.07. The molecule has 1 saturated carbocycles. The van der Waals surface area contributed by atoms with Crippen LogP contribution in [0.3, 0.4) is 0 Å². The van der Waals surface area contributed by atoms with Crippen molar-refractivity contribution in [1.82, 2.24) is 10.2 Å². The molecule has 2 heterocycles. The molecule has 2 aromatic heterocycles. The second kappa shape index (κ2) is 4.85. The van der Waals surface area contributed by atoms with Gasteiger partial charge in [0.15, 0.2) is 5.82 Å². The third-order valence-electron chi connectivity index (χ3n) is 3.41. The maximum atomic E-state index is 12.1. The van der Waals surface area contributed by atoms with Crippen molar-refractivity contribution in [2.24, 2.45) is 5.92 Å². The maximum absolute atomic E-state index is 12.1. The highest BCUT2D eigenvalue weighted by atomic mass is 79.9. The van der Waals surface area contributed by atoms with Crippen LogP contribution in [0.4, 0.5) is 5.82 Å². The monoisotopic (exact) mass is 323 g/mol. The van der Waals surface area contributed by atoms with Gasteiger partial charge in [-0.05, 0) is 40.9 Å². The number of nitrogens with zero attached hydrogens (tertiary/aromatic N) is 1. The number of amides is 1. The van der Waals surface area contributed by atoms with E-state index in [4.69, 9.17) is 4.42 Å². The summed E-state index contributed by atoms with van der Waals surface area (Å²) >= 11 is 3.44. The van der Waals surface area contributed by atoms with Crippen molar-refractivity contribution in [3.05, 3.63) is 34.3 Å². The fourth-order valence-corrected chi connectivity index (χ4v) is 2.75. The Morgan fingerprint density at radius 2 is 2.53 bits per heavy atom. The topological polar surface area (TPSA) is 70.9 Å². The highest BCUT2D eigenvalue weighted by Crippen LogP contribution is 2.48. The molecule has 5 nitrogen and oxygen atoms in total. The van der Waals surface area contributed by atoms with Crippen LogP contribution in [0.2, 0.25) is 0 Å². The van der Waals surface area contributed by atoms with Gasteiger partial charge < -0.3 is 9.73 Å². The minimum Gasteiger partial charge on any atom is -0.469 e. The van der Waals surface area contributed by atoms with Crippen LogP contribution in [0.1, 0.15) is 30.7 Å². The second-order valence-electron chi connectivity index (χ2n) is 4.67. The van der Waals surface area contributed by atoms with Crippen molar-refractivity contribution >= 4 is 27.7 Å². The molecule has 3 rings (SSSR count). The summed E-state index contributed by atoms with van der Waals surface area (Å²) in [6.45, 7) is 2.03. The Morgan fingerprint density at radius 3 is 3.16 bits per heavy atom. The molecular weight excluding hydrogens is 310 g/mol. The minimum absolute atomic E-state index is 0.00347. The van der Waals surface area contributed by atoms with Crippen LogP contribution >= 0.6 is 15.9 Å². The third kappa shape index (κ3) is 2.32. The van der Waals surface area contributed by atoms with E-state index in [9.17, 15) is 4.79 Å². The van der Waals surface area contributed by atoms with Crippen LogP contribution in [0, 0.1) is 5.92 Å². The van der Waals surface area contributed by atoms with E-state index in [2.05, 4.69) is 31.4 Å². The van der Waals surface area contributed by atoms with Crippen LogP contribution in [0.15, 0.2) is 27.3 Å². The van der Waals surface area contributed by atoms with Gasteiger partial charge in [0.1, 0.15) is 5.76 Å². The van der Waals surface area contributed by atoms with Gasteiger partial charge in [-0.25, -0.2) is 0 Å². The van der Waals surface area contributed by atoms with Gasteiger partial charge in [-0.2, -0.15) is 5.10 Å². The lowest BCUT2D eigenvalue weighted by atomic mass is 10.2. The highest BCUT2D eigenvalue weighted by Gasteiger charge is 2.46. The highest BCUT2D eigenvalue weighted by molar-refractivity contribution is 9.10. The van der Waals surface area contributed by atoms with Crippen molar-refractivity contribution in [2.75, 3.05) is 5.32 Å². The molecule has 1 aliphatic rings. The van der Waals surface area contributed by atoms with E-state index in [1.54, 1.807) is 6.26 Å². The number of carbonyl (C=O) groups excluding carboxylic acids is 1. The number of hydrogen-bond acceptors (Lipinski definition) is 3. The summed E-state index contributed by atoms with van der Waals surface area (Å²) in [5, 5.41) is 9.84. The zero-order chi connectivity index (χ0) is 13.4. The quantitative estimate of drug-likeness (QED) is 0.908. The van der Waals surface area contributed by atoms with Gasteiger partial charge in [-0.1, -0.05) is 6.92 Å². The first kappa shape index (κ1) is 12.5. The molecule has 1 aliphatic carbocycles. The zero-order valence-corrected chi connectivity index (χ0v) is 12.0. The lowest BCUT2D eigenvalue weighted by molar-refractivity contribution is -0.117. The Labute approximate surface area is 118 Å². The van der Waals surface area contributed by atoms with E-state index in [-0.39, 0.29) is 17.7 Å². The number of anilines is 1. The van der Waals surface area contributed by atoms with Crippen molar-refractivity contribution in [1.29, 1.82) is 0 Å². The smallest absolute Gasteiger partial charge is 0.229 e. The predicted octanol–water partition coefficient (Wildman–Crippen LogP) is 3.07. The lowest BCUT2D eigenvalue weighted by Gasteiger charge is -2.01. The summed E-state index contributed by atoms with van der Waals surface area (Å²) in [7, 11) is 0. The van der Waals surface area contributed by atoms with Crippen LogP contribution < -0.4 is 5.32 Å². The molecular formula is C13H14BrN3O2. The van der Waals surface area contributed by atoms with Crippen LogP contribution in [0.5, 0.6) is 0 Å². The summed E-state index contributed by atoms with van der Waals surface area (Å²) in [5.41, 5.74) is 0.980. The molecule has 2 atom stereocenters. The molecule has 100 valence electrons. The lowest BCUT2D eigenvalue weighted by Crippen LogP contribution is -2.15. The number of H-pyrrole nitrogens is 1. The molecule has 0 radical (unpaired) electrons. The van der Waals surface area contributed by atoms with Gasteiger partial charge in [-0.15, -0.1) is 0 Å². The summed E-state index contributed by atoms with van der Waals surface area (Å²) in [6.07, 6.45) is 3.31. The molecule has 0 aliphatic heterocycles. The number of aryl methyl sites for hydroxylation is 1. The molecule has 0 aromatic carbocycles. The summed E-state index contributed by atoms with van der Waals surface area (Å²) in [4.78, 5) is 12.1. The molecule has 2 aromatic rings. The fourth-order valence-electron chi connectivity index (χ4n) is 2.19. The van der Waals surface area contributed by atoms with Crippen LogP contribution in [0.25, 0.3) is 0 Å². The molecule has 6 heteroatoms. The van der Waals surface area contributed by atoms with Crippen molar-refractivity contribution in [3.63, 3.8) is 0 Å². The van der Waals surface area contributed by atoms with Gasteiger partial charge in [0.25, 0.3) is 0 Å². The first-order chi connectivity index (χ1) is 9.20. The van der Waals surface area contributed by atoms with E-state index in [0.717, 1.165) is 28.8 Å². The molecule has 0 bridgehead atoms. The Bertz CT molecular complexity index is 591. The van der Waals surface area contributed by atoms with E-state index in [1.165, 1.54) is 0 Å². The summed E-state index contributed by atoms with van der Waals surface area (Å²) in [5.74, 6) is 1.64. The SMILES string of the molecule is CCc1[nH]nc(NC(=O)[C@@H]2C[C@@H]2c2ccco2)c1Br. The number of furan rings is 1. The number of rotatable bonds is 4. The van der Waals surface area contributed by atoms with E-state index in [0.29, 0.717) is 5.82 Å². The standard InChI is InChI=1S/C13H14BrN3O2/c1-2-9-11(14)12(17-16-9)15-13(18)8-6-7(8)10-4-3-5-19-10/h3-5,7-8H,2,6H2,1H3,(H2,15,16,17,18)/t7-,8+/m0/s1.